The molecule has 1 aromatic carbocycles. The van der Waals surface area contributed by atoms with Crippen LogP contribution >= 0.6 is 0 Å². The minimum absolute atomic E-state index is 0.689. The first-order valence-electron chi connectivity index (χ1n) is 5.88. The molecular formula is C13H16N2O. The fourth-order valence-corrected chi connectivity index (χ4v) is 2.31. The summed E-state index contributed by atoms with van der Waals surface area (Å²) in [6.45, 7) is 4.30. The number of nitrogens with zero attached hydrogens (tertiary/aromatic N) is 1. The van der Waals surface area contributed by atoms with Gasteiger partial charge in [0.1, 0.15) is 5.52 Å². The van der Waals surface area contributed by atoms with Crippen LogP contribution in [0.4, 0.5) is 0 Å². The van der Waals surface area contributed by atoms with E-state index in [4.69, 9.17) is 4.42 Å². The van der Waals surface area contributed by atoms with Gasteiger partial charge in [-0.1, -0.05) is 6.07 Å². The first kappa shape index (κ1) is 9.85. The second-order valence-electron chi connectivity index (χ2n) is 4.64. The highest BCUT2D eigenvalue weighted by Crippen LogP contribution is 2.20. The molecule has 1 aliphatic heterocycles. The maximum absolute atomic E-state index is 5.75. The molecule has 1 N–H and O–H groups in total. The molecule has 0 radical (unpaired) electrons. The number of aryl methyl sites for hydroxylation is 1. The summed E-state index contributed by atoms with van der Waals surface area (Å²) < 4.78 is 5.75. The third-order valence-electron chi connectivity index (χ3n) is 3.21. The van der Waals surface area contributed by atoms with E-state index in [0.717, 1.165) is 36.5 Å². The highest BCUT2D eigenvalue weighted by atomic mass is 16.3. The monoisotopic (exact) mass is 216 g/mol. The van der Waals surface area contributed by atoms with Crippen LogP contribution in [0.5, 0.6) is 0 Å². The summed E-state index contributed by atoms with van der Waals surface area (Å²) in [5, 5.41) is 3.37. The van der Waals surface area contributed by atoms with E-state index < -0.39 is 0 Å². The molecular weight excluding hydrogens is 200 g/mol. The Hall–Kier alpha value is -1.35. The van der Waals surface area contributed by atoms with Gasteiger partial charge in [0.25, 0.3) is 0 Å². The number of hydrogen-bond acceptors (Lipinski definition) is 3. The largest absolute Gasteiger partial charge is 0.441 e. The number of rotatable bonds is 2. The molecule has 1 unspecified atom stereocenters. The molecule has 0 saturated carbocycles. The maximum atomic E-state index is 5.75. The van der Waals surface area contributed by atoms with Crippen molar-refractivity contribution in [3.05, 3.63) is 29.7 Å². The Morgan fingerprint density at radius 2 is 2.44 bits per heavy atom. The minimum Gasteiger partial charge on any atom is -0.441 e. The van der Waals surface area contributed by atoms with Crippen molar-refractivity contribution in [2.24, 2.45) is 5.92 Å². The van der Waals surface area contributed by atoms with Crippen LogP contribution in [-0.2, 0) is 6.42 Å². The van der Waals surface area contributed by atoms with Gasteiger partial charge in [-0.05, 0) is 50.0 Å². The lowest BCUT2D eigenvalue weighted by atomic mass is 10.1. The Balaban J connectivity index is 1.86. The summed E-state index contributed by atoms with van der Waals surface area (Å²) in [5.41, 5.74) is 3.13. The van der Waals surface area contributed by atoms with Crippen LogP contribution in [-0.4, -0.2) is 18.1 Å². The fourth-order valence-electron chi connectivity index (χ4n) is 2.31. The third kappa shape index (κ3) is 1.83. The average molecular weight is 216 g/mol. The van der Waals surface area contributed by atoms with Gasteiger partial charge in [-0.15, -0.1) is 0 Å². The number of oxazole rings is 1. The normalized spacial score (nSPS) is 20.7. The molecule has 0 amide bonds. The predicted molar refractivity (Wildman–Crippen MR) is 63.4 cm³/mol. The van der Waals surface area contributed by atoms with E-state index in [1.165, 1.54) is 12.0 Å². The molecule has 1 atom stereocenters. The van der Waals surface area contributed by atoms with Crippen molar-refractivity contribution in [3.63, 3.8) is 0 Å². The lowest BCUT2D eigenvalue weighted by Gasteiger charge is -2.02. The topological polar surface area (TPSA) is 38.1 Å². The molecule has 1 saturated heterocycles. The molecule has 84 valence electrons. The van der Waals surface area contributed by atoms with Gasteiger partial charge >= 0.3 is 0 Å². The fraction of sp³-hybridized carbons (Fsp3) is 0.462. The van der Waals surface area contributed by atoms with Crippen molar-refractivity contribution >= 4 is 11.1 Å². The van der Waals surface area contributed by atoms with Gasteiger partial charge in [-0.25, -0.2) is 4.98 Å². The molecule has 1 aliphatic rings. The van der Waals surface area contributed by atoms with Crippen LogP contribution in [0, 0.1) is 12.8 Å². The molecule has 3 rings (SSSR count). The Bertz CT molecular complexity index is 498. The van der Waals surface area contributed by atoms with Crippen molar-refractivity contribution < 1.29 is 4.42 Å². The van der Waals surface area contributed by atoms with E-state index in [-0.39, 0.29) is 0 Å². The Kier molecular flexibility index (Phi) is 2.40. The van der Waals surface area contributed by atoms with Crippen LogP contribution in [0.2, 0.25) is 0 Å². The first-order chi connectivity index (χ1) is 7.81. The summed E-state index contributed by atoms with van der Waals surface area (Å²) in [6.07, 6.45) is 2.19. The number of nitrogens with one attached hydrogen (secondary N) is 1. The van der Waals surface area contributed by atoms with Crippen LogP contribution in [0.3, 0.4) is 0 Å². The Labute approximate surface area is 94.9 Å². The highest BCUT2D eigenvalue weighted by molar-refractivity contribution is 5.73. The van der Waals surface area contributed by atoms with Crippen molar-refractivity contribution in [1.29, 1.82) is 0 Å². The van der Waals surface area contributed by atoms with Gasteiger partial charge in [0, 0.05) is 6.42 Å². The Morgan fingerprint density at radius 3 is 3.25 bits per heavy atom. The van der Waals surface area contributed by atoms with Gasteiger partial charge in [-0.3, -0.25) is 0 Å². The minimum atomic E-state index is 0.689. The van der Waals surface area contributed by atoms with Crippen LogP contribution in [0.25, 0.3) is 11.1 Å². The van der Waals surface area contributed by atoms with Crippen molar-refractivity contribution in [3.8, 4) is 0 Å². The van der Waals surface area contributed by atoms with Crippen LogP contribution < -0.4 is 5.32 Å². The Morgan fingerprint density at radius 1 is 1.50 bits per heavy atom. The van der Waals surface area contributed by atoms with Crippen LogP contribution in [0.15, 0.2) is 22.6 Å². The third-order valence-corrected chi connectivity index (χ3v) is 3.21. The predicted octanol–water partition coefficient (Wildman–Crippen LogP) is 2.29. The number of hydrogen-bond donors (Lipinski definition) is 1. The zero-order chi connectivity index (χ0) is 11.0. The molecule has 2 heterocycles. The lowest BCUT2D eigenvalue weighted by Crippen LogP contribution is -2.10. The second-order valence-corrected chi connectivity index (χ2v) is 4.64. The molecule has 0 aliphatic carbocycles. The van der Waals surface area contributed by atoms with Gasteiger partial charge in [0.15, 0.2) is 11.5 Å². The summed E-state index contributed by atoms with van der Waals surface area (Å²) in [7, 11) is 0. The summed E-state index contributed by atoms with van der Waals surface area (Å²) in [5.74, 6) is 1.57. The van der Waals surface area contributed by atoms with Crippen molar-refractivity contribution in [2.45, 2.75) is 19.8 Å². The molecule has 0 spiro atoms. The lowest BCUT2D eigenvalue weighted by molar-refractivity contribution is 0.462. The van der Waals surface area contributed by atoms with E-state index in [0.29, 0.717) is 5.92 Å². The zero-order valence-electron chi connectivity index (χ0n) is 9.49. The molecule has 0 bridgehead atoms. The average Bonchev–Trinajstić information content (AvgIpc) is 2.86. The van der Waals surface area contributed by atoms with E-state index in [9.17, 15) is 0 Å². The van der Waals surface area contributed by atoms with E-state index in [1.54, 1.807) is 0 Å². The van der Waals surface area contributed by atoms with Gasteiger partial charge in [0.05, 0.1) is 0 Å². The molecule has 1 fully saturated rings. The van der Waals surface area contributed by atoms with E-state index >= 15 is 0 Å². The SMILES string of the molecule is Cc1ccc2oc(CC3CCNC3)nc2c1. The molecule has 2 aromatic rings. The quantitative estimate of drug-likeness (QED) is 0.837. The van der Waals surface area contributed by atoms with E-state index in [1.807, 2.05) is 6.07 Å². The van der Waals surface area contributed by atoms with Crippen molar-refractivity contribution in [2.75, 3.05) is 13.1 Å². The van der Waals surface area contributed by atoms with Gasteiger partial charge in [0.2, 0.25) is 0 Å². The van der Waals surface area contributed by atoms with Crippen molar-refractivity contribution in [1.82, 2.24) is 10.3 Å². The molecule has 3 nitrogen and oxygen atoms in total. The molecule has 3 heteroatoms. The highest BCUT2D eigenvalue weighted by Gasteiger charge is 2.17. The molecule has 16 heavy (non-hydrogen) atoms. The number of benzene rings is 1. The summed E-state index contributed by atoms with van der Waals surface area (Å²) in [4.78, 5) is 4.54. The second kappa shape index (κ2) is 3.91. The van der Waals surface area contributed by atoms with Gasteiger partial charge in [-0.2, -0.15) is 0 Å². The number of aromatic nitrogens is 1. The smallest absolute Gasteiger partial charge is 0.195 e. The van der Waals surface area contributed by atoms with Crippen LogP contribution in [0.1, 0.15) is 17.9 Å². The molecule has 1 aromatic heterocycles. The maximum Gasteiger partial charge on any atom is 0.195 e. The van der Waals surface area contributed by atoms with E-state index in [2.05, 4.69) is 29.4 Å². The number of fused-ring (bicyclic) bond motifs is 1. The summed E-state index contributed by atoms with van der Waals surface area (Å²) >= 11 is 0. The summed E-state index contributed by atoms with van der Waals surface area (Å²) in [6, 6.07) is 6.15. The zero-order valence-corrected chi connectivity index (χ0v) is 9.49. The van der Waals surface area contributed by atoms with Gasteiger partial charge < -0.3 is 9.73 Å². The standard InChI is InChI=1S/C13H16N2O/c1-9-2-3-12-11(6-9)15-13(16-12)7-10-4-5-14-8-10/h2-3,6,10,14H,4-5,7-8H2,1H3. The first-order valence-corrected chi connectivity index (χ1v) is 5.88.